The van der Waals surface area contributed by atoms with Gasteiger partial charge in [0.15, 0.2) is 16.6 Å². The van der Waals surface area contributed by atoms with Gasteiger partial charge in [-0.05, 0) is 6.07 Å². The van der Waals surface area contributed by atoms with Crippen LogP contribution in [-0.4, -0.2) is 31.9 Å². The van der Waals surface area contributed by atoms with E-state index < -0.39 is 0 Å². The number of ether oxygens (including phenoxy) is 4. The van der Waals surface area contributed by atoms with E-state index in [-0.39, 0.29) is 25.0 Å². The first-order valence-corrected chi connectivity index (χ1v) is 8.04. The molecule has 3 heterocycles. The maximum absolute atomic E-state index is 12.1. The maximum atomic E-state index is 12.1. The van der Waals surface area contributed by atoms with Crippen LogP contribution in [0.5, 0.6) is 23.0 Å². The van der Waals surface area contributed by atoms with E-state index in [9.17, 15) is 4.79 Å². The average Bonchev–Trinajstić information content (AvgIpc) is 3.17. The zero-order chi connectivity index (χ0) is 16.8. The van der Waals surface area contributed by atoms with Gasteiger partial charge >= 0.3 is 0 Å². The van der Waals surface area contributed by atoms with Crippen molar-refractivity contribution in [3.8, 4) is 23.0 Å². The molecule has 2 aromatic rings. The molecule has 0 fully saturated rings. The zero-order valence-corrected chi connectivity index (χ0v) is 13.9. The third-order valence-corrected chi connectivity index (χ3v) is 5.02. The molecule has 0 saturated heterocycles. The zero-order valence-electron chi connectivity index (χ0n) is 13.0. The summed E-state index contributed by atoms with van der Waals surface area (Å²) in [5.74, 6) is 2.15. The summed E-state index contributed by atoms with van der Waals surface area (Å²) in [5.41, 5.74) is 6.59. The highest BCUT2D eigenvalue weighted by Crippen LogP contribution is 2.54. The summed E-state index contributed by atoms with van der Waals surface area (Å²) >= 11 is 1.34. The first kappa shape index (κ1) is 14.9. The first-order chi connectivity index (χ1) is 11.6. The number of benzene rings is 1. The average molecular weight is 349 g/mol. The molecule has 1 atom stereocenters. The number of nitrogens with zero attached hydrogens (tertiary/aromatic N) is 1. The van der Waals surface area contributed by atoms with Crippen LogP contribution in [0.25, 0.3) is 0 Å². The van der Waals surface area contributed by atoms with Crippen molar-refractivity contribution < 1.29 is 23.7 Å². The van der Waals surface area contributed by atoms with E-state index in [4.69, 9.17) is 24.7 Å². The molecule has 0 unspecified atom stereocenters. The Labute approximate surface area is 141 Å². The van der Waals surface area contributed by atoms with Gasteiger partial charge in [0.05, 0.1) is 19.1 Å². The molecule has 1 amide bonds. The summed E-state index contributed by atoms with van der Waals surface area (Å²) < 4.78 is 22.0. The summed E-state index contributed by atoms with van der Waals surface area (Å²) in [4.78, 5) is 17.2. The largest absolute Gasteiger partial charge is 0.492 e. The predicted octanol–water partition coefficient (Wildman–Crippen LogP) is 1.95. The van der Waals surface area contributed by atoms with Gasteiger partial charge in [-0.1, -0.05) is 11.3 Å². The van der Waals surface area contributed by atoms with Crippen LogP contribution in [-0.2, 0) is 4.79 Å². The minimum Gasteiger partial charge on any atom is -0.492 e. The normalized spacial score (nSPS) is 18.1. The van der Waals surface area contributed by atoms with Crippen molar-refractivity contribution in [3.63, 3.8) is 0 Å². The number of nitrogen functional groups attached to an aromatic ring is 1. The topological polar surface area (TPSA) is 105 Å². The minimum absolute atomic E-state index is 0.113. The van der Waals surface area contributed by atoms with Crippen LogP contribution in [0.2, 0.25) is 0 Å². The predicted molar refractivity (Wildman–Crippen MR) is 87.3 cm³/mol. The molecule has 2 aliphatic rings. The molecule has 1 aromatic carbocycles. The monoisotopic (exact) mass is 349 g/mol. The lowest BCUT2D eigenvalue weighted by Crippen LogP contribution is -2.23. The van der Waals surface area contributed by atoms with Gasteiger partial charge < -0.3 is 30.0 Å². The fourth-order valence-corrected chi connectivity index (χ4v) is 3.96. The van der Waals surface area contributed by atoms with Crippen molar-refractivity contribution in [1.82, 2.24) is 4.98 Å². The molecule has 0 aliphatic carbocycles. The van der Waals surface area contributed by atoms with Crippen molar-refractivity contribution in [1.29, 1.82) is 0 Å². The van der Waals surface area contributed by atoms with Gasteiger partial charge in [-0.2, -0.15) is 0 Å². The number of hydrogen-bond donors (Lipinski definition) is 2. The Morgan fingerprint density at radius 3 is 2.88 bits per heavy atom. The first-order valence-electron chi connectivity index (χ1n) is 7.23. The number of rotatable bonds is 3. The Hall–Kier alpha value is -2.68. The summed E-state index contributed by atoms with van der Waals surface area (Å²) in [6.07, 6.45) is 0.258. The summed E-state index contributed by atoms with van der Waals surface area (Å²) in [5, 5.41) is 3.15. The second-order valence-corrected chi connectivity index (χ2v) is 6.40. The molecule has 0 radical (unpaired) electrons. The van der Waals surface area contributed by atoms with Crippen molar-refractivity contribution in [3.05, 3.63) is 16.5 Å². The third-order valence-electron chi connectivity index (χ3n) is 4.02. The van der Waals surface area contributed by atoms with Gasteiger partial charge in [-0.15, -0.1) is 0 Å². The van der Waals surface area contributed by atoms with E-state index in [0.717, 1.165) is 10.4 Å². The molecule has 9 heteroatoms. The second kappa shape index (κ2) is 5.45. The Balaban J connectivity index is 1.92. The van der Waals surface area contributed by atoms with Crippen LogP contribution >= 0.6 is 11.3 Å². The SMILES string of the molecule is COc1c([C@@H]2CC(=O)Nc3nc(N)sc32)cc2c(c1OC)OCO2. The number of methoxy groups -OCH3 is 2. The van der Waals surface area contributed by atoms with E-state index in [1.165, 1.54) is 18.4 Å². The lowest BCUT2D eigenvalue weighted by atomic mass is 9.90. The highest BCUT2D eigenvalue weighted by atomic mass is 32.1. The summed E-state index contributed by atoms with van der Waals surface area (Å²) in [6.45, 7) is 0.113. The number of nitrogens with two attached hydrogens (primary N) is 1. The van der Waals surface area contributed by atoms with Gasteiger partial charge in [0, 0.05) is 17.9 Å². The fourth-order valence-electron chi connectivity index (χ4n) is 3.06. The number of aromatic nitrogens is 1. The van der Waals surface area contributed by atoms with E-state index in [0.29, 0.717) is 33.9 Å². The highest BCUT2D eigenvalue weighted by Gasteiger charge is 2.35. The van der Waals surface area contributed by atoms with E-state index in [1.807, 2.05) is 6.07 Å². The Morgan fingerprint density at radius 2 is 2.12 bits per heavy atom. The third kappa shape index (κ3) is 2.12. The van der Waals surface area contributed by atoms with Crippen LogP contribution in [0.4, 0.5) is 10.9 Å². The van der Waals surface area contributed by atoms with Crippen molar-refractivity contribution >= 4 is 28.2 Å². The molecular formula is C15H15N3O5S. The molecule has 24 heavy (non-hydrogen) atoms. The molecule has 8 nitrogen and oxygen atoms in total. The Kier molecular flexibility index (Phi) is 3.38. The Bertz CT molecular complexity index is 835. The summed E-state index contributed by atoms with van der Waals surface area (Å²) in [6, 6.07) is 1.83. The van der Waals surface area contributed by atoms with Gasteiger partial charge in [-0.3, -0.25) is 4.79 Å². The lowest BCUT2D eigenvalue weighted by Gasteiger charge is -2.24. The minimum atomic E-state index is -0.248. The van der Waals surface area contributed by atoms with Gasteiger partial charge in [0.1, 0.15) is 5.82 Å². The number of carbonyl (C=O) groups is 1. The number of amides is 1. The molecule has 126 valence electrons. The molecule has 3 N–H and O–H groups in total. The van der Waals surface area contributed by atoms with Crippen molar-refractivity contribution in [2.75, 3.05) is 32.1 Å². The van der Waals surface area contributed by atoms with Gasteiger partial charge in [0.2, 0.25) is 24.2 Å². The highest BCUT2D eigenvalue weighted by molar-refractivity contribution is 7.16. The molecule has 0 spiro atoms. The van der Waals surface area contributed by atoms with Crippen LogP contribution in [0.15, 0.2) is 6.07 Å². The number of thiazole rings is 1. The second-order valence-electron chi connectivity index (χ2n) is 5.34. The van der Waals surface area contributed by atoms with E-state index in [1.54, 1.807) is 7.11 Å². The van der Waals surface area contributed by atoms with E-state index in [2.05, 4.69) is 10.3 Å². The number of fused-ring (bicyclic) bond motifs is 2. The summed E-state index contributed by atoms with van der Waals surface area (Å²) in [7, 11) is 3.09. The number of anilines is 2. The van der Waals surface area contributed by atoms with Crippen LogP contribution in [0, 0.1) is 0 Å². The van der Waals surface area contributed by atoms with Crippen molar-refractivity contribution in [2.24, 2.45) is 0 Å². The number of carbonyl (C=O) groups excluding carboxylic acids is 1. The molecule has 2 aliphatic heterocycles. The van der Waals surface area contributed by atoms with Gasteiger partial charge in [-0.25, -0.2) is 4.98 Å². The molecular weight excluding hydrogens is 334 g/mol. The standard InChI is InChI=1S/C15H15N3O5S/c1-20-10-6(3-8-11(12(10)21-2)23-5-22-8)7-4-9(19)17-14-13(7)24-15(16)18-14/h3,7H,4-5H2,1-2H3,(H2,16,18)(H,17,19)/t7-/m0/s1. The molecule has 1 aromatic heterocycles. The number of nitrogens with one attached hydrogen (secondary N) is 1. The quantitative estimate of drug-likeness (QED) is 0.872. The molecule has 0 saturated carbocycles. The van der Waals surface area contributed by atoms with Crippen LogP contribution in [0.3, 0.4) is 0 Å². The van der Waals surface area contributed by atoms with Crippen LogP contribution in [0.1, 0.15) is 22.8 Å². The van der Waals surface area contributed by atoms with E-state index >= 15 is 0 Å². The molecule has 0 bridgehead atoms. The molecule has 4 rings (SSSR count). The van der Waals surface area contributed by atoms with Crippen molar-refractivity contribution in [2.45, 2.75) is 12.3 Å². The van der Waals surface area contributed by atoms with Gasteiger partial charge in [0.25, 0.3) is 0 Å². The Morgan fingerprint density at radius 1 is 1.33 bits per heavy atom. The smallest absolute Gasteiger partial charge is 0.231 e. The number of hydrogen-bond acceptors (Lipinski definition) is 8. The fraction of sp³-hybridized carbons (Fsp3) is 0.333. The maximum Gasteiger partial charge on any atom is 0.231 e. The van der Waals surface area contributed by atoms with Crippen LogP contribution < -0.4 is 30.0 Å². The lowest BCUT2D eigenvalue weighted by molar-refractivity contribution is -0.116.